The van der Waals surface area contributed by atoms with E-state index in [9.17, 15) is 27.2 Å². The van der Waals surface area contributed by atoms with Gasteiger partial charge in [-0.15, -0.1) is 5.10 Å². The summed E-state index contributed by atoms with van der Waals surface area (Å²) in [7, 11) is 0. The van der Waals surface area contributed by atoms with Crippen LogP contribution in [0, 0.1) is 11.7 Å². The van der Waals surface area contributed by atoms with E-state index in [-0.39, 0.29) is 24.0 Å². The Bertz CT molecular complexity index is 1240. The lowest BCUT2D eigenvalue weighted by Gasteiger charge is -2.28. The first-order chi connectivity index (χ1) is 17.1. The molecule has 1 aliphatic rings. The molecule has 0 unspecified atom stereocenters. The number of aromatic nitrogens is 2. The highest BCUT2D eigenvalue weighted by atomic mass is 19.4. The molecule has 1 aliphatic carbocycles. The Kier molecular flexibility index (Phi) is 7.22. The SMILES string of the molecule is O=C(O)C[C@H]1CC[C@H](c2ccc(NC(=O)c3nnc(Nc4cc(F)cc(C(F)(F)F)c4)o3)cc2)CC1. The molecule has 36 heavy (non-hydrogen) atoms. The highest BCUT2D eigenvalue weighted by Crippen LogP contribution is 2.37. The number of halogens is 4. The van der Waals surface area contributed by atoms with Crippen LogP contribution in [0.2, 0.25) is 0 Å². The van der Waals surface area contributed by atoms with Gasteiger partial charge in [0.05, 0.1) is 5.56 Å². The molecule has 4 rings (SSSR count). The number of benzene rings is 2. The minimum absolute atomic E-state index is 0.196. The van der Waals surface area contributed by atoms with Crippen LogP contribution >= 0.6 is 0 Å². The predicted molar refractivity (Wildman–Crippen MR) is 120 cm³/mol. The molecule has 0 aliphatic heterocycles. The number of hydrogen-bond acceptors (Lipinski definition) is 6. The van der Waals surface area contributed by atoms with Crippen LogP contribution in [0.5, 0.6) is 0 Å². The second-order valence-electron chi connectivity index (χ2n) is 8.66. The first-order valence-corrected chi connectivity index (χ1v) is 11.2. The van der Waals surface area contributed by atoms with Gasteiger partial charge in [0.2, 0.25) is 0 Å². The van der Waals surface area contributed by atoms with Crippen LogP contribution in [-0.4, -0.2) is 27.2 Å². The summed E-state index contributed by atoms with van der Waals surface area (Å²) in [6.45, 7) is 0. The van der Waals surface area contributed by atoms with Crippen molar-refractivity contribution in [3.05, 3.63) is 65.3 Å². The molecule has 1 fully saturated rings. The Morgan fingerprint density at radius 2 is 1.69 bits per heavy atom. The third kappa shape index (κ3) is 6.37. The summed E-state index contributed by atoms with van der Waals surface area (Å²) in [4.78, 5) is 23.3. The summed E-state index contributed by atoms with van der Waals surface area (Å²) in [5, 5.41) is 21.0. The molecule has 1 aromatic heterocycles. The van der Waals surface area contributed by atoms with Crippen molar-refractivity contribution < 1.29 is 36.7 Å². The molecule has 0 saturated heterocycles. The zero-order valence-corrected chi connectivity index (χ0v) is 18.8. The molecule has 12 heteroatoms. The molecule has 1 heterocycles. The Hall–Kier alpha value is -3.96. The lowest BCUT2D eigenvalue weighted by atomic mass is 9.77. The molecule has 2 aromatic carbocycles. The maximum Gasteiger partial charge on any atom is 0.416 e. The average molecular weight is 506 g/mol. The van der Waals surface area contributed by atoms with E-state index >= 15 is 0 Å². The van der Waals surface area contributed by atoms with Crippen LogP contribution in [0.3, 0.4) is 0 Å². The molecule has 1 amide bonds. The van der Waals surface area contributed by atoms with Crippen LogP contribution in [0.1, 0.15) is 59.8 Å². The van der Waals surface area contributed by atoms with Crippen molar-refractivity contribution in [2.45, 2.75) is 44.2 Å². The van der Waals surface area contributed by atoms with Crippen molar-refractivity contribution in [2.75, 3.05) is 10.6 Å². The summed E-state index contributed by atoms with van der Waals surface area (Å²) < 4.78 is 57.3. The van der Waals surface area contributed by atoms with Crippen molar-refractivity contribution in [3.8, 4) is 0 Å². The maximum atomic E-state index is 13.6. The third-order valence-corrected chi connectivity index (χ3v) is 6.05. The monoisotopic (exact) mass is 506 g/mol. The minimum atomic E-state index is -4.74. The van der Waals surface area contributed by atoms with Gasteiger partial charge in [0.15, 0.2) is 0 Å². The fourth-order valence-corrected chi connectivity index (χ4v) is 4.28. The molecule has 0 atom stereocenters. The molecular weight excluding hydrogens is 484 g/mol. The largest absolute Gasteiger partial charge is 0.481 e. The van der Waals surface area contributed by atoms with Gasteiger partial charge < -0.3 is 20.2 Å². The Morgan fingerprint density at radius 1 is 1.00 bits per heavy atom. The van der Waals surface area contributed by atoms with E-state index in [4.69, 9.17) is 9.52 Å². The molecule has 0 radical (unpaired) electrons. The Labute approximate surface area is 202 Å². The number of rotatable bonds is 7. The maximum absolute atomic E-state index is 13.6. The minimum Gasteiger partial charge on any atom is -0.481 e. The third-order valence-electron chi connectivity index (χ3n) is 6.05. The predicted octanol–water partition coefficient (Wildman–Crippen LogP) is 5.97. The standard InChI is InChI=1S/C24H22F4N4O4/c25-17-10-16(24(26,27)28)11-19(12-17)30-23-32-31-22(36-23)21(35)29-18-7-5-15(6-8-18)14-3-1-13(2-4-14)9-20(33)34/h5-8,10-14H,1-4,9H2,(H,29,35)(H,30,32)(H,33,34)/t13-,14-. The zero-order valence-electron chi connectivity index (χ0n) is 18.8. The first-order valence-electron chi connectivity index (χ1n) is 11.2. The van der Waals surface area contributed by atoms with Gasteiger partial charge in [0, 0.05) is 17.8 Å². The van der Waals surface area contributed by atoms with Crippen molar-refractivity contribution in [1.82, 2.24) is 10.2 Å². The zero-order chi connectivity index (χ0) is 25.9. The van der Waals surface area contributed by atoms with Crippen LogP contribution in [0.4, 0.5) is 35.0 Å². The Morgan fingerprint density at radius 3 is 2.33 bits per heavy atom. The smallest absolute Gasteiger partial charge is 0.416 e. The van der Waals surface area contributed by atoms with Crippen LogP contribution < -0.4 is 10.6 Å². The quantitative estimate of drug-likeness (QED) is 0.338. The second kappa shape index (κ2) is 10.3. The number of carboxylic acids is 1. The van der Waals surface area contributed by atoms with Crippen molar-refractivity contribution in [2.24, 2.45) is 5.92 Å². The molecule has 0 bridgehead atoms. The van der Waals surface area contributed by atoms with E-state index in [1.165, 1.54) is 0 Å². The number of carboxylic acid groups (broad SMARTS) is 1. The lowest BCUT2D eigenvalue weighted by Crippen LogP contribution is -2.16. The lowest BCUT2D eigenvalue weighted by molar-refractivity contribution is -0.139. The molecule has 1 saturated carbocycles. The summed E-state index contributed by atoms with van der Waals surface area (Å²) in [6, 6.07) is 8.68. The van der Waals surface area contributed by atoms with Crippen molar-refractivity contribution in [1.29, 1.82) is 0 Å². The molecule has 3 aromatic rings. The molecule has 190 valence electrons. The fraction of sp³-hybridized carbons (Fsp3) is 0.333. The highest BCUT2D eigenvalue weighted by molar-refractivity contribution is 6.00. The molecule has 8 nitrogen and oxygen atoms in total. The molecular formula is C24H22F4N4O4. The average Bonchev–Trinajstić information content (AvgIpc) is 3.27. The highest BCUT2D eigenvalue weighted by Gasteiger charge is 2.31. The molecule has 0 spiro atoms. The summed E-state index contributed by atoms with van der Waals surface area (Å²) in [6.07, 6.45) is -1.03. The van der Waals surface area contributed by atoms with Gasteiger partial charge in [-0.25, -0.2) is 4.39 Å². The van der Waals surface area contributed by atoms with E-state index in [2.05, 4.69) is 20.8 Å². The van der Waals surface area contributed by atoms with E-state index in [0.29, 0.717) is 23.7 Å². The van der Waals surface area contributed by atoms with Crippen LogP contribution in [0.15, 0.2) is 46.9 Å². The van der Waals surface area contributed by atoms with Gasteiger partial charge >= 0.3 is 30.0 Å². The van der Waals surface area contributed by atoms with E-state index in [1.54, 1.807) is 12.1 Å². The van der Waals surface area contributed by atoms with Crippen LogP contribution in [0.25, 0.3) is 0 Å². The summed E-state index contributed by atoms with van der Waals surface area (Å²) in [5.74, 6) is -2.52. The first kappa shape index (κ1) is 25.1. The van der Waals surface area contributed by atoms with Crippen molar-refractivity contribution in [3.63, 3.8) is 0 Å². The normalized spacial score (nSPS) is 18.0. The van der Waals surface area contributed by atoms with E-state index < -0.39 is 35.3 Å². The fourth-order valence-electron chi connectivity index (χ4n) is 4.28. The molecule has 3 N–H and O–H groups in total. The number of aliphatic carboxylic acids is 1. The Balaban J connectivity index is 1.34. The van der Waals surface area contributed by atoms with Gasteiger partial charge in [0.25, 0.3) is 0 Å². The van der Waals surface area contributed by atoms with Crippen LogP contribution in [-0.2, 0) is 11.0 Å². The van der Waals surface area contributed by atoms with Crippen molar-refractivity contribution >= 4 is 29.3 Å². The van der Waals surface area contributed by atoms with E-state index in [1.807, 2.05) is 12.1 Å². The number of alkyl halides is 3. The number of amides is 1. The number of nitrogens with zero attached hydrogens (tertiary/aromatic N) is 2. The van der Waals surface area contributed by atoms with Gasteiger partial charge in [-0.2, -0.15) is 13.2 Å². The number of carbonyl (C=O) groups is 2. The van der Waals surface area contributed by atoms with Gasteiger partial charge in [-0.1, -0.05) is 17.2 Å². The van der Waals surface area contributed by atoms with Gasteiger partial charge in [-0.3, -0.25) is 9.59 Å². The summed E-state index contributed by atoms with van der Waals surface area (Å²) in [5.41, 5.74) is 0.0973. The van der Waals surface area contributed by atoms with E-state index in [0.717, 1.165) is 37.3 Å². The number of nitrogens with one attached hydrogen (secondary N) is 2. The number of hydrogen-bond donors (Lipinski definition) is 3. The number of carbonyl (C=O) groups excluding carboxylic acids is 1. The van der Waals surface area contributed by atoms with Gasteiger partial charge in [0.1, 0.15) is 5.82 Å². The second-order valence-corrected chi connectivity index (χ2v) is 8.66. The summed E-state index contributed by atoms with van der Waals surface area (Å²) >= 11 is 0. The topological polar surface area (TPSA) is 117 Å². The number of anilines is 3. The van der Waals surface area contributed by atoms with Gasteiger partial charge in [-0.05, 0) is 73.4 Å².